The molecule has 0 spiro atoms. The molecule has 0 saturated carbocycles. The molecule has 0 aliphatic rings. The predicted molar refractivity (Wildman–Crippen MR) is 124 cm³/mol. The Labute approximate surface area is 189 Å². The summed E-state index contributed by atoms with van der Waals surface area (Å²) in [5.74, 6) is 0.853. The summed E-state index contributed by atoms with van der Waals surface area (Å²) in [4.78, 5) is 14.7. The molecule has 0 bridgehead atoms. The maximum Gasteiger partial charge on any atom is 0.234 e. The lowest BCUT2D eigenvalue weighted by Gasteiger charge is -2.11. The maximum absolute atomic E-state index is 12.6. The Hall–Kier alpha value is -3.23. The number of methoxy groups -OCH3 is 1. The summed E-state index contributed by atoms with van der Waals surface area (Å²) < 4.78 is 7.12. The number of nitrogens with zero attached hydrogens (tertiary/aromatic N) is 3. The van der Waals surface area contributed by atoms with Gasteiger partial charge in [0.15, 0.2) is 5.16 Å². The van der Waals surface area contributed by atoms with Crippen LogP contribution in [-0.4, -0.2) is 33.5 Å². The van der Waals surface area contributed by atoms with Crippen molar-refractivity contribution in [1.29, 1.82) is 0 Å². The molecule has 1 heterocycles. The first kappa shape index (κ1) is 21.0. The van der Waals surface area contributed by atoms with Gasteiger partial charge in [-0.15, -0.1) is 10.2 Å². The lowest BCUT2D eigenvalue weighted by Crippen LogP contribution is -2.15. The third-order valence-electron chi connectivity index (χ3n) is 4.31. The van der Waals surface area contributed by atoms with E-state index >= 15 is 0 Å². The number of anilines is 1. The van der Waals surface area contributed by atoms with Gasteiger partial charge in [-0.05, 0) is 36.4 Å². The van der Waals surface area contributed by atoms with E-state index in [4.69, 9.17) is 4.74 Å². The van der Waals surface area contributed by atoms with E-state index in [0.717, 1.165) is 26.9 Å². The van der Waals surface area contributed by atoms with E-state index in [0.29, 0.717) is 5.16 Å². The molecule has 0 radical (unpaired) electrons. The number of carbonyl (C=O) groups is 1. The van der Waals surface area contributed by atoms with Crippen LogP contribution >= 0.6 is 23.5 Å². The molecule has 0 fully saturated rings. The fourth-order valence-corrected chi connectivity index (χ4v) is 4.50. The van der Waals surface area contributed by atoms with Crippen molar-refractivity contribution in [3.8, 4) is 11.4 Å². The zero-order valence-electron chi connectivity index (χ0n) is 16.8. The molecule has 6 nitrogen and oxygen atoms in total. The van der Waals surface area contributed by atoms with Gasteiger partial charge in [0.05, 0.1) is 24.2 Å². The molecule has 0 aliphatic heterocycles. The first-order valence-electron chi connectivity index (χ1n) is 9.52. The average molecular weight is 449 g/mol. The zero-order chi connectivity index (χ0) is 21.5. The van der Waals surface area contributed by atoms with Crippen LogP contribution in [-0.2, 0) is 4.79 Å². The molecule has 0 unspecified atom stereocenters. The number of amides is 1. The van der Waals surface area contributed by atoms with Gasteiger partial charge in [-0.1, -0.05) is 59.9 Å². The summed E-state index contributed by atoms with van der Waals surface area (Å²) in [6.07, 6.45) is 1.63. The van der Waals surface area contributed by atoms with Crippen molar-refractivity contribution in [2.45, 2.75) is 14.9 Å². The van der Waals surface area contributed by atoms with Gasteiger partial charge in [-0.2, -0.15) is 0 Å². The summed E-state index contributed by atoms with van der Waals surface area (Å²) in [6.45, 7) is 0. The second kappa shape index (κ2) is 10.2. The van der Waals surface area contributed by atoms with Gasteiger partial charge >= 0.3 is 0 Å². The summed E-state index contributed by atoms with van der Waals surface area (Å²) in [6, 6.07) is 25.5. The first-order valence-corrected chi connectivity index (χ1v) is 11.3. The highest BCUT2D eigenvalue weighted by molar-refractivity contribution is 8.00. The second-order valence-electron chi connectivity index (χ2n) is 6.43. The van der Waals surface area contributed by atoms with Crippen molar-refractivity contribution in [2.24, 2.45) is 0 Å². The smallest absolute Gasteiger partial charge is 0.234 e. The van der Waals surface area contributed by atoms with Gasteiger partial charge in [-0.25, -0.2) is 0 Å². The van der Waals surface area contributed by atoms with Crippen molar-refractivity contribution < 1.29 is 9.53 Å². The Kier molecular flexibility index (Phi) is 6.91. The highest BCUT2D eigenvalue weighted by Gasteiger charge is 2.12. The largest absolute Gasteiger partial charge is 0.497 e. The third-order valence-corrected chi connectivity index (χ3v) is 6.34. The number of hydrogen-bond donors (Lipinski definition) is 1. The SMILES string of the molecule is COc1cccc(-n2cnnc2SCC(=O)Nc2ccccc2Sc2ccccc2)c1. The molecule has 4 rings (SSSR count). The van der Waals surface area contributed by atoms with Crippen LogP contribution in [0.2, 0.25) is 0 Å². The third kappa shape index (κ3) is 5.48. The average Bonchev–Trinajstić information content (AvgIpc) is 3.28. The van der Waals surface area contributed by atoms with Gasteiger partial charge in [-0.3, -0.25) is 9.36 Å². The number of aromatic nitrogens is 3. The summed E-state index contributed by atoms with van der Waals surface area (Å²) in [5.41, 5.74) is 1.66. The summed E-state index contributed by atoms with van der Waals surface area (Å²) in [7, 11) is 1.62. The minimum atomic E-state index is -0.105. The zero-order valence-corrected chi connectivity index (χ0v) is 18.4. The van der Waals surface area contributed by atoms with E-state index < -0.39 is 0 Å². The molecule has 0 atom stereocenters. The van der Waals surface area contributed by atoms with Crippen molar-refractivity contribution in [3.63, 3.8) is 0 Å². The van der Waals surface area contributed by atoms with Crippen LogP contribution in [0.4, 0.5) is 5.69 Å². The van der Waals surface area contributed by atoms with Crippen LogP contribution in [0.3, 0.4) is 0 Å². The predicted octanol–water partition coefficient (Wildman–Crippen LogP) is 5.16. The van der Waals surface area contributed by atoms with Crippen LogP contribution in [0, 0.1) is 0 Å². The van der Waals surface area contributed by atoms with Crippen molar-refractivity contribution in [1.82, 2.24) is 14.8 Å². The number of nitrogens with one attached hydrogen (secondary N) is 1. The molecule has 0 aliphatic carbocycles. The highest BCUT2D eigenvalue weighted by atomic mass is 32.2. The van der Waals surface area contributed by atoms with E-state index in [-0.39, 0.29) is 11.7 Å². The topological polar surface area (TPSA) is 69.0 Å². The number of rotatable bonds is 8. The molecule has 1 amide bonds. The molecule has 156 valence electrons. The first-order chi connectivity index (χ1) is 15.2. The molecule has 4 aromatic rings. The van der Waals surface area contributed by atoms with Gasteiger partial charge in [0.1, 0.15) is 12.1 Å². The Morgan fingerprint density at radius 2 is 1.84 bits per heavy atom. The lowest BCUT2D eigenvalue weighted by molar-refractivity contribution is -0.113. The standard InChI is InChI=1S/C23H20N4O2S2/c1-29-18-9-7-8-17(14-18)27-16-24-26-23(27)30-15-22(28)25-20-12-5-6-13-21(20)31-19-10-3-2-4-11-19/h2-14,16H,15H2,1H3,(H,25,28). The van der Waals surface area contributed by atoms with Crippen molar-refractivity contribution in [3.05, 3.63) is 85.2 Å². The van der Waals surface area contributed by atoms with E-state index in [9.17, 15) is 4.79 Å². The number of ether oxygens (including phenoxy) is 1. The minimum Gasteiger partial charge on any atom is -0.497 e. The van der Waals surface area contributed by atoms with Crippen molar-refractivity contribution >= 4 is 35.1 Å². The molecular weight excluding hydrogens is 428 g/mol. The fourth-order valence-electron chi connectivity index (χ4n) is 2.85. The Balaban J connectivity index is 1.42. The Morgan fingerprint density at radius 1 is 1.03 bits per heavy atom. The molecule has 8 heteroatoms. The van der Waals surface area contributed by atoms with Crippen LogP contribution in [0.25, 0.3) is 5.69 Å². The van der Waals surface area contributed by atoms with Crippen molar-refractivity contribution in [2.75, 3.05) is 18.2 Å². The number of carbonyl (C=O) groups excluding carboxylic acids is 1. The summed E-state index contributed by atoms with van der Waals surface area (Å²) >= 11 is 2.94. The number of para-hydroxylation sites is 1. The fraction of sp³-hybridized carbons (Fsp3) is 0.0870. The quantitative estimate of drug-likeness (QED) is 0.376. The highest BCUT2D eigenvalue weighted by Crippen LogP contribution is 2.33. The molecule has 1 N–H and O–H groups in total. The minimum absolute atomic E-state index is 0.105. The van der Waals surface area contributed by atoms with Crippen LogP contribution in [0.5, 0.6) is 5.75 Å². The number of hydrogen-bond acceptors (Lipinski definition) is 6. The van der Waals surface area contributed by atoms with E-state index in [1.165, 1.54) is 11.8 Å². The maximum atomic E-state index is 12.6. The molecular formula is C23H20N4O2S2. The van der Waals surface area contributed by atoms with Crippen LogP contribution in [0.1, 0.15) is 0 Å². The number of thioether (sulfide) groups is 1. The van der Waals surface area contributed by atoms with Gasteiger partial charge < -0.3 is 10.1 Å². The van der Waals surface area contributed by atoms with E-state index in [1.807, 2.05) is 83.4 Å². The van der Waals surface area contributed by atoms with Crippen LogP contribution < -0.4 is 10.1 Å². The number of benzene rings is 3. The molecule has 31 heavy (non-hydrogen) atoms. The monoisotopic (exact) mass is 448 g/mol. The molecule has 1 aromatic heterocycles. The second-order valence-corrected chi connectivity index (χ2v) is 8.49. The van der Waals surface area contributed by atoms with E-state index in [1.54, 1.807) is 25.2 Å². The van der Waals surface area contributed by atoms with Gasteiger partial charge in [0, 0.05) is 15.9 Å². The van der Waals surface area contributed by atoms with Gasteiger partial charge in [0.2, 0.25) is 5.91 Å². The molecule has 3 aromatic carbocycles. The molecule has 0 saturated heterocycles. The van der Waals surface area contributed by atoms with Gasteiger partial charge in [0.25, 0.3) is 0 Å². The van der Waals surface area contributed by atoms with Crippen LogP contribution in [0.15, 0.2) is 100 Å². The Morgan fingerprint density at radius 3 is 2.68 bits per heavy atom. The van der Waals surface area contributed by atoms with E-state index in [2.05, 4.69) is 15.5 Å². The lowest BCUT2D eigenvalue weighted by atomic mass is 10.3. The summed E-state index contributed by atoms with van der Waals surface area (Å²) in [5, 5.41) is 11.8. The Bertz CT molecular complexity index is 1160. The normalized spacial score (nSPS) is 10.6.